The van der Waals surface area contributed by atoms with Gasteiger partial charge < -0.3 is 19.3 Å². The number of para-hydroxylation sites is 2. The smallest absolute Gasteiger partial charge is 0.267 e. The van der Waals surface area contributed by atoms with Crippen LogP contribution < -0.4 is 9.47 Å². The number of fused-ring (bicyclic) bond motifs is 1. The van der Waals surface area contributed by atoms with E-state index in [1.54, 1.807) is 34.3 Å². The third kappa shape index (κ3) is 4.19. The van der Waals surface area contributed by atoms with Crippen molar-refractivity contribution < 1.29 is 19.1 Å². The third-order valence-corrected chi connectivity index (χ3v) is 5.46. The van der Waals surface area contributed by atoms with Gasteiger partial charge >= 0.3 is 0 Å². The van der Waals surface area contributed by atoms with Crippen LogP contribution in [0.5, 0.6) is 11.5 Å². The molecule has 4 rings (SSSR count). The van der Waals surface area contributed by atoms with Crippen LogP contribution in [0.4, 0.5) is 0 Å². The first-order chi connectivity index (χ1) is 13.7. The Morgan fingerprint density at radius 2 is 1.68 bits per heavy atom. The van der Waals surface area contributed by atoms with Gasteiger partial charge in [-0.3, -0.25) is 9.59 Å². The van der Waals surface area contributed by atoms with E-state index in [-0.39, 0.29) is 24.2 Å². The van der Waals surface area contributed by atoms with Crippen LogP contribution in [-0.2, 0) is 9.59 Å². The minimum Gasteiger partial charge on any atom is -0.485 e. The van der Waals surface area contributed by atoms with E-state index in [2.05, 4.69) is 9.97 Å². The summed E-state index contributed by atoms with van der Waals surface area (Å²) in [5, 5.41) is 0.583. The average Bonchev–Trinajstić information content (AvgIpc) is 2.77. The van der Waals surface area contributed by atoms with Gasteiger partial charge in [-0.15, -0.1) is 0 Å². The summed E-state index contributed by atoms with van der Waals surface area (Å²) in [6, 6.07) is 9.06. The lowest BCUT2D eigenvalue weighted by Crippen LogP contribution is -2.55. The summed E-state index contributed by atoms with van der Waals surface area (Å²) in [6.45, 7) is 2.18. The summed E-state index contributed by atoms with van der Waals surface area (Å²) in [4.78, 5) is 36.8. The SMILES string of the molecule is O=C(CSc1ncccn1)N1CCN(C(=O)[C@H]2COc3ccccc3O2)CC1. The van der Waals surface area contributed by atoms with Crippen molar-refractivity contribution in [3.8, 4) is 11.5 Å². The number of benzene rings is 1. The van der Waals surface area contributed by atoms with Crippen LogP contribution in [0.1, 0.15) is 0 Å². The molecule has 0 N–H and O–H groups in total. The van der Waals surface area contributed by atoms with Crippen molar-refractivity contribution in [1.29, 1.82) is 0 Å². The first kappa shape index (κ1) is 18.5. The summed E-state index contributed by atoms with van der Waals surface area (Å²) in [6.07, 6.45) is 2.65. The van der Waals surface area contributed by atoms with E-state index in [9.17, 15) is 9.59 Å². The van der Waals surface area contributed by atoms with Gasteiger partial charge in [-0.1, -0.05) is 23.9 Å². The van der Waals surface area contributed by atoms with Crippen LogP contribution in [0.15, 0.2) is 47.9 Å². The van der Waals surface area contributed by atoms with Gasteiger partial charge in [-0.2, -0.15) is 0 Å². The number of piperazine rings is 1. The molecule has 3 heterocycles. The minimum absolute atomic E-state index is 0.0238. The van der Waals surface area contributed by atoms with Crippen molar-refractivity contribution in [2.24, 2.45) is 0 Å². The van der Waals surface area contributed by atoms with E-state index in [4.69, 9.17) is 9.47 Å². The molecule has 0 bridgehead atoms. The van der Waals surface area contributed by atoms with Gasteiger partial charge in [0.2, 0.25) is 12.0 Å². The number of hydrogen-bond donors (Lipinski definition) is 0. The Morgan fingerprint density at radius 3 is 2.43 bits per heavy atom. The maximum atomic E-state index is 12.7. The molecule has 1 aromatic heterocycles. The van der Waals surface area contributed by atoms with Crippen molar-refractivity contribution >= 4 is 23.6 Å². The molecule has 146 valence electrons. The van der Waals surface area contributed by atoms with E-state index in [0.29, 0.717) is 42.8 Å². The Morgan fingerprint density at radius 1 is 1.00 bits per heavy atom. The van der Waals surface area contributed by atoms with Gasteiger partial charge in [0.25, 0.3) is 5.91 Å². The lowest BCUT2D eigenvalue weighted by molar-refractivity contribution is -0.145. The fourth-order valence-electron chi connectivity index (χ4n) is 3.10. The molecule has 0 unspecified atom stereocenters. The van der Waals surface area contributed by atoms with E-state index in [0.717, 1.165) is 0 Å². The lowest BCUT2D eigenvalue weighted by Gasteiger charge is -2.37. The summed E-state index contributed by atoms with van der Waals surface area (Å²) in [7, 11) is 0. The molecule has 2 aliphatic rings. The van der Waals surface area contributed by atoms with E-state index in [1.807, 2.05) is 18.2 Å². The molecular formula is C19H20N4O4S. The molecule has 0 saturated carbocycles. The molecular weight excluding hydrogens is 380 g/mol. The summed E-state index contributed by atoms with van der Waals surface area (Å²) in [5.41, 5.74) is 0. The highest BCUT2D eigenvalue weighted by atomic mass is 32.2. The first-order valence-electron chi connectivity index (χ1n) is 9.05. The van der Waals surface area contributed by atoms with Crippen molar-refractivity contribution in [2.45, 2.75) is 11.3 Å². The zero-order valence-corrected chi connectivity index (χ0v) is 16.0. The van der Waals surface area contributed by atoms with Crippen LogP contribution in [0, 0.1) is 0 Å². The lowest BCUT2D eigenvalue weighted by atomic mass is 10.2. The second-order valence-electron chi connectivity index (χ2n) is 6.39. The normalized spacial score (nSPS) is 18.6. The van der Waals surface area contributed by atoms with Gasteiger partial charge in [0, 0.05) is 38.6 Å². The number of nitrogens with zero attached hydrogens (tertiary/aromatic N) is 4. The maximum Gasteiger partial charge on any atom is 0.267 e. The quantitative estimate of drug-likeness (QED) is 0.561. The number of ether oxygens (including phenoxy) is 2. The zero-order chi connectivity index (χ0) is 19.3. The standard InChI is InChI=1S/C19H20N4O4S/c24-17(13-28-19-20-6-3-7-21-19)22-8-10-23(11-9-22)18(25)16-12-26-14-4-1-2-5-15(14)27-16/h1-7,16H,8-13H2/t16-/m1/s1. The molecule has 1 atom stereocenters. The largest absolute Gasteiger partial charge is 0.485 e. The molecule has 0 radical (unpaired) electrons. The number of thioether (sulfide) groups is 1. The molecule has 0 spiro atoms. The molecule has 28 heavy (non-hydrogen) atoms. The molecule has 1 fully saturated rings. The number of rotatable bonds is 4. The fraction of sp³-hybridized carbons (Fsp3) is 0.368. The Hall–Kier alpha value is -2.81. The number of carbonyl (C=O) groups excluding carboxylic acids is 2. The maximum absolute atomic E-state index is 12.7. The van der Waals surface area contributed by atoms with Crippen LogP contribution in [-0.4, -0.2) is 76.2 Å². The zero-order valence-electron chi connectivity index (χ0n) is 15.2. The average molecular weight is 400 g/mol. The van der Waals surface area contributed by atoms with Crippen molar-refractivity contribution in [1.82, 2.24) is 19.8 Å². The van der Waals surface area contributed by atoms with Gasteiger partial charge in [-0.05, 0) is 18.2 Å². The fourth-order valence-corrected chi connectivity index (χ4v) is 3.80. The Balaban J connectivity index is 1.26. The Labute approximate surface area is 166 Å². The molecule has 2 aromatic rings. The van der Waals surface area contributed by atoms with Crippen LogP contribution >= 0.6 is 11.8 Å². The molecule has 2 amide bonds. The Bertz CT molecular complexity index is 843. The van der Waals surface area contributed by atoms with E-state index >= 15 is 0 Å². The van der Waals surface area contributed by atoms with E-state index < -0.39 is 6.10 Å². The number of carbonyl (C=O) groups is 2. The van der Waals surface area contributed by atoms with Crippen LogP contribution in [0.2, 0.25) is 0 Å². The highest BCUT2D eigenvalue weighted by Crippen LogP contribution is 2.31. The van der Waals surface area contributed by atoms with Crippen LogP contribution in [0.3, 0.4) is 0 Å². The first-order valence-corrected chi connectivity index (χ1v) is 10.0. The second-order valence-corrected chi connectivity index (χ2v) is 7.33. The number of amides is 2. The summed E-state index contributed by atoms with van der Waals surface area (Å²) >= 11 is 1.31. The molecule has 8 nitrogen and oxygen atoms in total. The van der Waals surface area contributed by atoms with Gasteiger partial charge in [0.05, 0.1) is 5.75 Å². The number of aromatic nitrogens is 2. The van der Waals surface area contributed by atoms with Crippen LogP contribution in [0.25, 0.3) is 0 Å². The monoisotopic (exact) mass is 400 g/mol. The van der Waals surface area contributed by atoms with Gasteiger partial charge in [-0.25, -0.2) is 9.97 Å². The Kier molecular flexibility index (Phi) is 5.61. The second kappa shape index (κ2) is 8.47. The number of hydrogen-bond acceptors (Lipinski definition) is 7. The summed E-state index contributed by atoms with van der Waals surface area (Å²) in [5.74, 6) is 1.45. The molecule has 1 saturated heterocycles. The highest BCUT2D eigenvalue weighted by molar-refractivity contribution is 7.99. The molecule has 2 aliphatic heterocycles. The van der Waals surface area contributed by atoms with E-state index in [1.165, 1.54) is 11.8 Å². The summed E-state index contributed by atoms with van der Waals surface area (Å²) < 4.78 is 11.4. The predicted octanol–water partition coefficient (Wildman–Crippen LogP) is 1.08. The highest BCUT2D eigenvalue weighted by Gasteiger charge is 2.33. The predicted molar refractivity (Wildman–Crippen MR) is 102 cm³/mol. The van der Waals surface area contributed by atoms with Gasteiger partial charge in [0.15, 0.2) is 16.7 Å². The third-order valence-electron chi connectivity index (χ3n) is 4.59. The van der Waals surface area contributed by atoms with Gasteiger partial charge in [0.1, 0.15) is 6.61 Å². The van der Waals surface area contributed by atoms with Crippen molar-refractivity contribution in [3.63, 3.8) is 0 Å². The topological polar surface area (TPSA) is 84.9 Å². The molecule has 0 aliphatic carbocycles. The van der Waals surface area contributed by atoms with Crippen molar-refractivity contribution in [2.75, 3.05) is 38.5 Å². The van der Waals surface area contributed by atoms with Crippen molar-refractivity contribution in [3.05, 3.63) is 42.7 Å². The minimum atomic E-state index is -0.650. The molecule has 9 heteroatoms. The molecule has 1 aromatic carbocycles.